The summed E-state index contributed by atoms with van der Waals surface area (Å²) in [7, 11) is 0. The van der Waals surface area contributed by atoms with E-state index in [2.05, 4.69) is 15.4 Å². The molecule has 2 amide bonds. The molecule has 132 valence electrons. The van der Waals surface area contributed by atoms with E-state index in [0.717, 1.165) is 17.8 Å². The monoisotopic (exact) mass is 367 g/mol. The van der Waals surface area contributed by atoms with Gasteiger partial charge in [0.25, 0.3) is 0 Å². The molecule has 3 aromatic rings. The van der Waals surface area contributed by atoms with E-state index >= 15 is 0 Å². The summed E-state index contributed by atoms with van der Waals surface area (Å²) in [5, 5.41) is 9.55. The molecular weight excluding hydrogens is 350 g/mol. The Balaban J connectivity index is 1.37. The minimum Gasteiger partial charge on any atom is -0.326 e. The zero-order chi connectivity index (χ0) is 17.9. The van der Waals surface area contributed by atoms with Crippen LogP contribution >= 0.6 is 11.3 Å². The standard InChI is InChI=1S/C18H17N5O2S/c24-16(11-14-12-26-18(21-14)22-9-1-3-17(22)25)20-13-4-6-15(7-5-13)23-10-2-8-19-23/h2,4-8,10,12H,1,3,9,11H2,(H,20,24). The van der Waals surface area contributed by atoms with E-state index < -0.39 is 0 Å². The Morgan fingerprint density at radius 1 is 1.27 bits per heavy atom. The molecule has 2 aromatic heterocycles. The van der Waals surface area contributed by atoms with Crippen LogP contribution in [-0.4, -0.2) is 33.1 Å². The summed E-state index contributed by atoms with van der Waals surface area (Å²) in [4.78, 5) is 30.1. The summed E-state index contributed by atoms with van der Waals surface area (Å²) < 4.78 is 1.75. The van der Waals surface area contributed by atoms with Crippen molar-refractivity contribution in [3.05, 3.63) is 53.8 Å². The van der Waals surface area contributed by atoms with Crippen LogP contribution in [0.2, 0.25) is 0 Å². The SMILES string of the molecule is O=C(Cc1csc(N2CCCC2=O)n1)Nc1ccc(-n2cccn2)cc1. The van der Waals surface area contributed by atoms with Gasteiger partial charge < -0.3 is 5.32 Å². The molecule has 26 heavy (non-hydrogen) atoms. The minimum atomic E-state index is -0.138. The number of amides is 2. The molecule has 1 aliphatic rings. The van der Waals surface area contributed by atoms with E-state index in [4.69, 9.17) is 0 Å². The van der Waals surface area contributed by atoms with E-state index in [1.807, 2.05) is 41.9 Å². The van der Waals surface area contributed by atoms with Gasteiger partial charge in [-0.3, -0.25) is 14.5 Å². The summed E-state index contributed by atoms with van der Waals surface area (Å²) in [5.41, 5.74) is 2.32. The third-order valence-corrected chi connectivity index (χ3v) is 5.02. The van der Waals surface area contributed by atoms with E-state index in [1.54, 1.807) is 15.8 Å². The Morgan fingerprint density at radius 3 is 2.81 bits per heavy atom. The fourth-order valence-electron chi connectivity index (χ4n) is 2.84. The van der Waals surface area contributed by atoms with Crippen LogP contribution in [0.15, 0.2) is 48.1 Å². The second kappa shape index (κ2) is 7.09. The van der Waals surface area contributed by atoms with Crippen LogP contribution in [0.5, 0.6) is 0 Å². The van der Waals surface area contributed by atoms with Gasteiger partial charge in [-0.2, -0.15) is 5.10 Å². The summed E-state index contributed by atoms with van der Waals surface area (Å²) in [6.07, 6.45) is 5.19. The Bertz CT molecular complexity index is 917. The van der Waals surface area contributed by atoms with Gasteiger partial charge >= 0.3 is 0 Å². The predicted molar refractivity (Wildman–Crippen MR) is 99.6 cm³/mol. The third kappa shape index (κ3) is 3.50. The van der Waals surface area contributed by atoms with Gasteiger partial charge in [0.05, 0.1) is 17.8 Å². The van der Waals surface area contributed by atoms with Gasteiger partial charge in [0.2, 0.25) is 11.8 Å². The maximum atomic E-state index is 12.2. The van der Waals surface area contributed by atoms with Crippen molar-refractivity contribution in [2.75, 3.05) is 16.8 Å². The number of nitrogens with zero attached hydrogens (tertiary/aromatic N) is 4. The van der Waals surface area contributed by atoms with Gasteiger partial charge in [-0.15, -0.1) is 11.3 Å². The largest absolute Gasteiger partial charge is 0.326 e. The van der Waals surface area contributed by atoms with Crippen LogP contribution in [0.1, 0.15) is 18.5 Å². The first kappa shape index (κ1) is 16.5. The lowest BCUT2D eigenvalue weighted by Gasteiger charge is -2.10. The summed E-state index contributed by atoms with van der Waals surface area (Å²) in [6, 6.07) is 9.31. The van der Waals surface area contributed by atoms with Gasteiger partial charge in [-0.05, 0) is 36.8 Å². The zero-order valence-corrected chi connectivity index (χ0v) is 14.8. The fourth-order valence-corrected chi connectivity index (χ4v) is 3.71. The lowest BCUT2D eigenvalue weighted by Crippen LogP contribution is -2.23. The Labute approximate surface area is 154 Å². The molecule has 3 heterocycles. The number of hydrogen-bond donors (Lipinski definition) is 1. The number of anilines is 2. The minimum absolute atomic E-state index is 0.104. The van der Waals surface area contributed by atoms with Gasteiger partial charge in [0.15, 0.2) is 5.13 Å². The number of aromatic nitrogens is 3. The fraction of sp³-hybridized carbons (Fsp3) is 0.222. The molecule has 1 aromatic carbocycles. The first-order valence-electron chi connectivity index (χ1n) is 8.34. The van der Waals surface area contributed by atoms with Crippen molar-refractivity contribution in [1.29, 1.82) is 0 Å². The number of carbonyl (C=O) groups is 2. The van der Waals surface area contributed by atoms with E-state index in [1.165, 1.54) is 11.3 Å². The second-order valence-corrected chi connectivity index (χ2v) is 6.83. The van der Waals surface area contributed by atoms with Crippen molar-refractivity contribution < 1.29 is 9.59 Å². The van der Waals surface area contributed by atoms with Crippen molar-refractivity contribution in [2.24, 2.45) is 0 Å². The highest BCUT2D eigenvalue weighted by Gasteiger charge is 2.24. The molecule has 1 saturated heterocycles. The van der Waals surface area contributed by atoms with Crippen LogP contribution in [-0.2, 0) is 16.0 Å². The summed E-state index contributed by atoms with van der Waals surface area (Å²) >= 11 is 1.40. The van der Waals surface area contributed by atoms with Crippen LogP contribution in [0.3, 0.4) is 0 Å². The number of carbonyl (C=O) groups excluding carboxylic acids is 2. The van der Waals surface area contributed by atoms with Crippen LogP contribution < -0.4 is 10.2 Å². The van der Waals surface area contributed by atoms with Gasteiger partial charge in [-0.25, -0.2) is 9.67 Å². The van der Waals surface area contributed by atoms with E-state index in [0.29, 0.717) is 23.8 Å². The Kier molecular flexibility index (Phi) is 4.49. The highest BCUT2D eigenvalue weighted by atomic mass is 32.1. The predicted octanol–water partition coefficient (Wildman–Crippen LogP) is 2.64. The zero-order valence-electron chi connectivity index (χ0n) is 14.0. The topological polar surface area (TPSA) is 80.1 Å². The smallest absolute Gasteiger partial charge is 0.230 e. The molecule has 4 rings (SSSR count). The maximum absolute atomic E-state index is 12.2. The van der Waals surface area contributed by atoms with Crippen molar-refractivity contribution in [1.82, 2.24) is 14.8 Å². The van der Waals surface area contributed by atoms with Crippen molar-refractivity contribution in [2.45, 2.75) is 19.3 Å². The summed E-state index contributed by atoms with van der Waals surface area (Å²) in [5.74, 6) is -0.0333. The molecular formula is C18H17N5O2S. The molecule has 7 nitrogen and oxygen atoms in total. The van der Waals surface area contributed by atoms with Crippen LogP contribution in [0, 0.1) is 0 Å². The molecule has 0 bridgehead atoms. The highest BCUT2D eigenvalue weighted by Crippen LogP contribution is 2.25. The molecule has 0 saturated carbocycles. The molecule has 0 aliphatic carbocycles. The van der Waals surface area contributed by atoms with Gasteiger partial charge in [-0.1, -0.05) is 0 Å². The molecule has 0 spiro atoms. The molecule has 0 radical (unpaired) electrons. The quantitative estimate of drug-likeness (QED) is 0.752. The van der Waals surface area contributed by atoms with E-state index in [-0.39, 0.29) is 18.2 Å². The van der Waals surface area contributed by atoms with Crippen molar-refractivity contribution in [3.8, 4) is 5.69 Å². The maximum Gasteiger partial charge on any atom is 0.230 e. The summed E-state index contributed by atoms with van der Waals surface area (Å²) in [6.45, 7) is 0.709. The first-order valence-corrected chi connectivity index (χ1v) is 9.22. The van der Waals surface area contributed by atoms with Gasteiger partial charge in [0, 0.05) is 36.4 Å². The molecule has 1 fully saturated rings. The molecule has 1 aliphatic heterocycles. The van der Waals surface area contributed by atoms with Crippen LogP contribution in [0.25, 0.3) is 5.69 Å². The number of nitrogens with one attached hydrogen (secondary N) is 1. The lowest BCUT2D eigenvalue weighted by molar-refractivity contribution is -0.117. The Hall–Kier alpha value is -3.00. The first-order chi connectivity index (χ1) is 12.7. The second-order valence-electron chi connectivity index (χ2n) is 5.99. The van der Waals surface area contributed by atoms with Crippen molar-refractivity contribution >= 4 is 34.0 Å². The number of benzene rings is 1. The average molecular weight is 367 g/mol. The number of rotatable bonds is 5. The van der Waals surface area contributed by atoms with Crippen LogP contribution in [0.4, 0.5) is 10.8 Å². The molecule has 1 N–H and O–H groups in total. The number of hydrogen-bond acceptors (Lipinski definition) is 5. The third-order valence-electron chi connectivity index (χ3n) is 4.11. The normalized spacial score (nSPS) is 14.0. The lowest BCUT2D eigenvalue weighted by atomic mass is 10.2. The molecule has 0 atom stereocenters. The highest BCUT2D eigenvalue weighted by molar-refractivity contribution is 7.14. The Morgan fingerprint density at radius 2 is 2.12 bits per heavy atom. The van der Waals surface area contributed by atoms with E-state index in [9.17, 15) is 9.59 Å². The molecule has 8 heteroatoms. The molecule has 0 unspecified atom stereocenters. The average Bonchev–Trinajstić information content (AvgIpc) is 3.37. The number of thiazole rings is 1. The van der Waals surface area contributed by atoms with Gasteiger partial charge in [0.1, 0.15) is 0 Å². The van der Waals surface area contributed by atoms with Crippen molar-refractivity contribution in [3.63, 3.8) is 0 Å².